The third kappa shape index (κ3) is 43.5. The number of esters is 3. The second-order valence-electron chi connectivity index (χ2n) is 17.6. The van der Waals surface area contributed by atoms with E-state index in [0.29, 0.717) is 19.3 Å². The van der Waals surface area contributed by atoms with Crippen LogP contribution >= 0.6 is 0 Å². The van der Waals surface area contributed by atoms with Crippen molar-refractivity contribution in [1.29, 1.82) is 0 Å². The Morgan fingerprint density at radius 1 is 0.339 bits per heavy atom. The lowest BCUT2D eigenvalue weighted by Crippen LogP contribution is -2.30. The molecule has 0 saturated heterocycles. The van der Waals surface area contributed by atoms with Gasteiger partial charge in [0.25, 0.3) is 0 Å². The van der Waals surface area contributed by atoms with Crippen molar-refractivity contribution >= 4 is 17.9 Å². The van der Waals surface area contributed by atoms with Gasteiger partial charge in [0.2, 0.25) is 0 Å². The van der Waals surface area contributed by atoms with Gasteiger partial charge in [0.15, 0.2) is 6.10 Å². The van der Waals surface area contributed by atoms with Gasteiger partial charge in [-0.1, -0.05) is 240 Å². The number of hydrogen-bond acceptors (Lipinski definition) is 6. The third-order valence-electron chi connectivity index (χ3n) is 11.3. The molecule has 56 heavy (non-hydrogen) atoms. The van der Waals surface area contributed by atoms with E-state index >= 15 is 0 Å². The largest absolute Gasteiger partial charge is 0.462 e. The molecule has 332 valence electrons. The minimum atomic E-state index is -0.758. The van der Waals surface area contributed by atoms with Crippen LogP contribution in [0.2, 0.25) is 0 Å². The van der Waals surface area contributed by atoms with Crippen molar-refractivity contribution in [2.45, 2.75) is 284 Å². The smallest absolute Gasteiger partial charge is 0.306 e. The van der Waals surface area contributed by atoms with Crippen molar-refractivity contribution in [1.82, 2.24) is 0 Å². The van der Waals surface area contributed by atoms with E-state index in [1.165, 1.54) is 173 Å². The summed E-state index contributed by atoms with van der Waals surface area (Å²) in [6.07, 6.45) is 45.4. The highest BCUT2D eigenvalue weighted by Crippen LogP contribution is 2.17. The molecule has 0 radical (unpaired) electrons. The topological polar surface area (TPSA) is 78.9 Å². The summed E-state index contributed by atoms with van der Waals surface area (Å²) >= 11 is 0. The normalized spacial score (nSPS) is 11.9. The van der Waals surface area contributed by atoms with Crippen LogP contribution in [0.15, 0.2) is 0 Å². The van der Waals surface area contributed by atoms with Crippen LogP contribution in [0.3, 0.4) is 0 Å². The second kappa shape index (κ2) is 44.5. The van der Waals surface area contributed by atoms with Crippen LogP contribution in [0.4, 0.5) is 0 Å². The zero-order valence-electron chi connectivity index (χ0n) is 38.1. The first-order valence-electron chi connectivity index (χ1n) is 24.9. The van der Waals surface area contributed by atoms with Gasteiger partial charge in [0, 0.05) is 19.3 Å². The number of unbranched alkanes of at least 4 members (excludes halogenated alkanes) is 32. The van der Waals surface area contributed by atoms with E-state index < -0.39 is 6.10 Å². The van der Waals surface area contributed by atoms with Gasteiger partial charge in [-0.25, -0.2) is 0 Å². The minimum Gasteiger partial charge on any atom is -0.462 e. The van der Waals surface area contributed by atoms with Crippen LogP contribution in [0.1, 0.15) is 278 Å². The Bertz CT molecular complexity index is 841. The number of ether oxygens (including phenoxy) is 3. The molecule has 6 nitrogen and oxygen atoms in total. The molecule has 0 unspecified atom stereocenters. The van der Waals surface area contributed by atoms with Crippen LogP contribution < -0.4 is 0 Å². The molecule has 6 heteroatoms. The van der Waals surface area contributed by atoms with Crippen LogP contribution in [0.25, 0.3) is 0 Å². The zero-order chi connectivity index (χ0) is 41.0. The van der Waals surface area contributed by atoms with Crippen molar-refractivity contribution in [2.75, 3.05) is 13.2 Å². The van der Waals surface area contributed by atoms with Crippen LogP contribution in [-0.4, -0.2) is 37.2 Å². The summed E-state index contributed by atoms with van der Waals surface area (Å²) in [4.78, 5) is 37.6. The monoisotopic (exact) mass is 793 g/mol. The average Bonchev–Trinajstić information content (AvgIpc) is 3.18. The fraction of sp³-hybridized carbons (Fsp3) is 0.940. The van der Waals surface area contributed by atoms with Gasteiger partial charge >= 0.3 is 17.9 Å². The van der Waals surface area contributed by atoms with E-state index in [1.54, 1.807) is 0 Å². The molecule has 0 aromatic heterocycles. The summed E-state index contributed by atoms with van der Waals surface area (Å²) in [5.41, 5.74) is 0. The van der Waals surface area contributed by atoms with E-state index in [2.05, 4.69) is 27.7 Å². The van der Waals surface area contributed by atoms with Gasteiger partial charge in [-0.05, 0) is 25.2 Å². The molecule has 0 saturated carbocycles. The number of carbonyl (C=O) groups excluding carboxylic acids is 3. The Labute approximate surface area is 348 Å². The number of carbonyl (C=O) groups is 3. The summed E-state index contributed by atoms with van der Waals surface area (Å²) in [6.45, 7) is 8.98. The summed E-state index contributed by atoms with van der Waals surface area (Å²) in [5.74, 6) is 0.00195. The molecule has 0 aliphatic heterocycles. The van der Waals surface area contributed by atoms with E-state index in [-0.39, 0.29) is 31.1 Å². The van der Waals surface area contributed by atoms with E-state index in [4.69, 9.17) is 14.2 Å². The summed E-state index contributed by atoms with van der Waals surface area (Å²) in [6, 6.07) is 0. The Morgan fingerprint density at radius 2 is 0.589 bits per heavy atom. The standard InChI is InChI=1S/C50H96O6/c1-5-7-9-11-13-14-26-30-34-38-42-49(52)55-45-47(44-54-48(51)41-37-33-28-12-10-8-6-2)56-50(53)43-39-35-31-27-24-22-20-18-16-15-17-19-21-23-25-29-32-36-40-46(3)4/h46-47H,5-45H2,1-4H3/t47-/m1/s1. The molecule has 0 N–H and O–H groups in total. The highest BCUT2D eigenvalue weighted by atomic mass is 16.6. The van der Waals surface area contributed by atoms with Gasteiger partial charge in [-0.2, -0.15) is 0 Å². The maximum Gasteiger partial charge on any atom is 0.306 e. The molecule has 0 aliphatic carbocycles. The average molecular weight is 793 g/mol. The van der Waals surface area contributed by atoms with Crippen molar-refractivity contribution < 1.29 is 28.6 Å². The highest BCUT2D eigenvalue weighted by molar-refractivity contribution is 5.71. The van der Waals surface area contributed by atoms with Crippen LogP contribution in [0.5, 0.6) is 0 Å². The van der Waals surface area contributed by atoms with Gasteiger partial charge < -0.3 is 14.2 Å². The second-order valence-corrected chi connectivity index (χ2v) is 17.6. The lowest BCUT2D eigenvalue weighted by atomic mass is 10.0. The molecule has 0 rings (SSSR count). The maximum absolute atomic E-state index is 12.7. The van der Waals surface area contributed by atoms with Crippen molar-refractivity contribution in [3.8, 4) is 0 Å². The molecule has 0 fully saturated rings. The Hall–Kier alpha value is -1.59. The fourth-order valence-electron chi connectivity index (χ4n) is 7.51. The van der Waals surface area contributed by atoms with Gasteiger partial charge in [0.05, 0.1) is 0 Å². The predicted molar refractivity (Wildman–Crippen MR) is 238 cm³/mol. The molecule has 0 aromatic carbocycles. The summed E-state index contributed by atoms with van der Waals surface area (Å²) < 4.78 is 16.7. The minimum absolute atomic E-state index is 0.0637. The molecule has 0 amide bonds. The molecule has 1 atom stereocenters. The third-order valence-corrected chi connectivity index (χ3v) is 11.3. The maximum atomic E-state index is 12.7. The van der Waals surface area contributed by atoms with E-state index in [0.717, 1.165) is 63.7 Å². The lowest BCUT2D eigenvalue weighted by Gasteiger charge is -2.18. The fourth-order valence-corrected chi connectivity index (χ4v) is 7.51. The molecular weight excluding hydrogens is 697 g/mol. The summed E-state index contributed by atoms with van der Waals surface area (Å²) in [7, 11) is 0. The Morgan fingerprint density at radius 3 is 0.875 bits per heavy atom. The molecule has 0 heterocycles. The van der Waals surface area contributed by atoms with Crippen LogP contribution in [0, 0.1) is 5.92 Å². The van der Waals surface area contributed by atoms with Crippen molar-refractivity contribution in [2.24, 2.45) is 5.92 Å². The quantitative estimate of drug-likeness (QED) is 0.0347. The molecule has 0 bridgehead atoms. The molecule has 0 aliphatic rings. The SMILES string of the molecule is CCCCCCCCCCCCC(=O)OC[C@@H](COC(=O)CCCCCCCCC)OC(=O)CCCCCCCCCCCCCCCCCCCCC(C)C. The highest BCUT2D eigenvalue weighted by Gasteiger charge is 2.19. The number of hydrogen-bond donors (Lipinski definition) is 0. The van der Waals surface area contributed by atoms with Crippen molar-refractivity contribution in [3.05, 3.63) is 0 Å². The predicted octanol–water partition coefficient (Wildman–Crippen LogP) is 15.9. The first-order valence-corrected chi connectivity index (χ1v) is 24.9. The molecular formula is C50H96O6. The van der Waals surface area contributed by atoms with Crippen LogP contribution in [-0.2, 0) is 28.6 Å². The van der Waals surface area contributed by atoms with E-state index in [9.17, 15) is 14.4 Å². The Kier molecular flexibility index (Phi) is 43.2. The van der Waals surface area contributed by atoms with Gasteiger partial charge in [-0.3, -0.25) is 14.4 Å². The van der Waals surface area contributed by atoms with E-state index in [1.807, 2.05) is 0 Å². The van der Waals surface area contributed by atoms with Crippen molar-refractivity contribution in [3.63, 3.8) is 0 Å². The Balaban J connectivity index is 4.13. The van der Waals surface area contributed by atoms with Gasteiger partial charge in [0.1, 0.15) is 13.2 Å². The number of rotatable bonds is 45. The first-order chi connectivity index (χ1) is 27.4. The zero-order valence-corrected chi connectivity index (χ0v) is 38.1. The first kappa shape index (κ1) is 54.4. The van der Waals surface area contributed by atoms with Gasteiger partial charge in [-0.15, -0.1) is 0 Å². The molecule has 0 aromatic rings. The lowest BCUT2D eigenvalue weighted by molar-refractivity contribution is -0.167. The molecule has 0 spiro atoms. The summed E-state index contributed by atoms with van der Waals surface area (Å²) in [5, 5.41) is 0.